The van der Waals surface area contributed by atoms with Crippen LogP contribution in [0.3, 0.4) is 0 Å². The topological polar surface area (TPSA) is 72.3 Å². The second-order valence-corrected chi connectivity index (χ2v) is 4.96. The van der Waals surface area contributed by atoms with Crippen LogP contribution in [0.4, 0.5) is 0 Å². The van der Waals surface area contributed by atoms with Crippen LogP contribution in [-0.2, 0) is 0 Å². The largest absolute Gasteiger partial charge is 0.441 e. The van der Waals surface area contributed by atoms with Gasteiger partial charge >= 0.3 is 0 Å². The number of aromatic nitrogens is 1. The van der Waals surface area contributed by atoms with Crippen molar-refractivity contribution in [1.82, 2.24) is 4.98 Å². The minimum Gasteiger partial charge on any atom is -0.441 e. The first kappa shape index (κ1) is 10.7. The summed E-state index contributed by atoms with van der Waals surface area (Å²) < 4.78 is 5.50. The van der Waals surface area contributed by atoms with E-state index < -0.39 is 0 Å². The summed E-state index contributed by atoms with van der Waals surface area (Å²) in [7, 11) is 0. The molecule has 0 spiro atoms. The molecule has 4 heteroatoms. The van der Waals surface area contributed by atoms with Crippen LogP contribution in [0.5, 0.6) is 0 Å². The first-order chi connectivity index (χ1) is 8.14. The predicted molar refractivity (Wildman–Crippen MR) is 64.4 cm³/mol. The lowest BCUT2D eigenvalue weighted by molar-refractivity contribution is 0.188. The third-order valence-electron chi connectivity index (χ3n) is 3.75. The number of nitrogens with zero attached hydrogens (tertiary/aromatic N) is 1. The van der Waals surface area contributed by atoms with Gasteiger partial charge in [0.1, 0.15) is 5.52 Å². The maximum atomic E-state index is 9.39. The van der Waals surface area contributed by atoms with Gasteiger partial charge in [0.05, 0.1) is 6.61 Å². The fraction of sp³-hybridized carbons (Fsp3) is 0.462. The van der Waals surface area contributed by atoms with Gasteiger partial charge in [-0.15, -0.1) is 0 Å². The molecular weight excluding hydrogens is 216 g/mol. The van der Waals surface area contributed by atoms with Crippen LogP contribution in [0.15, 0.2) is 22.6 Å². The van der Waals surface area contributed by atoms with E-state index in [9.17, 15) is 5.11 Å². The smallest absolute Gasteiger partial charge is 0.192 e. The highest BCUT2D eigenvalue weighted by Crippen LogP contribution is 2.53. The number of aliphatic hydroxyl groups is 1. The second-order valence-electron chi connectivity index (χ2n) is 4.96. The quantitative estimate of drug-likeness (QED) is 0.847. The second kappa shape index (κ2) is 3.55. The lowest BCUT2D eigenvalue weighted by atomic mass is 9.91. The molecule has 4 nitrogen and oxygen atoms in total. The summed E-state index contributed by atoms with van der Waals surface area (Å²) in [4.78, 5) is 4.25. The summed E-state index contributed by atoms with van der Waals surface area (Å²) >= 11 is 0. The minimum absolute atomic E-state index is 0.108. The molecule has 1 aliphatic rings. The van der Waals surface area contributed by atoms with Crippen LogP contribution in [-0.4, -0.2) is 16.7 Å². The zero-order valence-corrected chi connectivity index (χ0v) is 9.81. The van der Waals surface area contributed by atoms with Gasteiger partial charge in [0, 0.05) is 18.4 Å². The van der Waals surface area contributed by atoms with E-state index in [2.05, 4.69) is 4.98 Å². The van der Waals surface area contributed by atoms with E-state index in [1.807, 2.05) is 25.1 Å². The molecule has 1 unspecified atom stereocenters. The summed E-state index contributed by atoms with van der Waals surface area (Å²) in [5.41, 5.74) is 8.75. The molecule has 1 fully saturated rings. The number of fused-ring (bicyclic) bond motifs is 1. The molecule has 1 aromatic heterocycles. The van der Waals surface area contributed by atoms with E-state index in [-0.39, 0.29) is 18.1 Å². The zero-order valence-electron chi connectivity index (χ0n) is 9.81. The van der Waals surface area contributed by atoms with E-state index in [0.717, 1.165) is 29.5 Å². The van der Waals surface area contributed by atoms with E-state index in [1.54, 1.807) is 0 Å². The van der Waals surface area contributed by atoms with Crippen LogP contribution in [0.1, 0.15) is 30.3 Å². The van der Waals surface area contributed by atoms with Crippen molar-refractivity contribution in [3.63, 3.8) is 0 Å². The van der Waals surface area contributed by atoms with E-state index in [1.165, 1.54) is 0 Å². The van der Waals surface area contributed by atoms with Crippen molar-refractivity contribution in [2.24, 2.45) is 11.1 Å². The Labute approximate surface area is 99.4 Å². The number of hydrogen-bond donors (Lipinski definition) is 2. The molecule has 1 aromatic carbocycles. The Morgan fingerprint density at radius 3 is 2.94 bits per heavy atom. The van der Waals surface area contributed by atoms with Gasteiger partial charge in [0.15, 0.2) is 11.5 Å². The molecule has 1 aliphatic carbocycles. The Morgan fingerprint density at radius 1 is 1.53 bits per heavy atom. The molecule has 0 radical (unpaired) electrons. The van der Waals surface area contributed by atoms with Gasteiger partial charge in [-0.2, -0.15) is 0 Å². The van der Waals surface area contributed by atoms with Gasteiger partial charge in [-0.25, -0.2) is 4.98 Å². The van der Waals surface area contributed by atoms with Gasteiger partial charge in [0.2, 0.25) is 0 Å². The summed E-state index contributed by atoms with van der Waals surface area (Å²) in [6.07, 6.45) is 2.00. The molecule has 0 bridgehead atoms. The molecule has 0 amide bonds. The molecule has 0 saturated heterocycles. The number of benzene rings is 1. The van der Waals surface area contributed by atoms with Crippen molar-refractivity contribution in [3.05, 3.63) is 29.7 Å². The van der Waals surface area contributed by atoms with Gasteiger partial charge in [0.25, 0.3) is 0 Å². The van der Waals surface area contributed by atoms with Crippen molar-refractivity contribution in [3.8, 4) is 0 Å². The van der Waals surface area contributed by atoms with E-state index in [0.29, 0.717) is 5.89 Å². The lowest BCUT2D eigenvalue weighted by Crippen LogP contribution is -2.25. The predicted octanol–water partition coefficient (Wildman–Crippen LogP) is 1.91. The average molecular weight is 232 g/mol. The van der Waals surface area contributed by atoms with Crippen molar-refractivity contribution >= 4 is 11.1 Å². The Bertz CT molecular complexity index is 558. The molecule has 1 heterocycles. The molecule has 90 valence electrons. The SMILES string of the molecule is Cc1nc2ccc(C(N)C3(CO)CC3)cc2o1. The lowest BCUT2D eigenvalue weighted by Gasteiger charge is -2.21. The highest BCUT2D eigenvalue weighted by molar-refractivity contribution is 5.73. The average Bonchev–Trinajstić information content (AvgIpc) is 3.03. The maximum Gasteiger partial charge on any atom is 0.192 e. The molecule has 3 N–H and O–H groups in total. The Kier molecular flexibility index (Phi) is 2.24. The number of aryl methyl sites for hydroxylation is 1. The van der Waals surface area contributed by atoms with E-state index in [4.69, 9.17) is 10.2 Å². The number of nitrogens with two attached hydrogens (primary N) is 1. The summed E-state index contributed by atoms with van der Waals surface area (Å²) in [6, 6.07) is 5.72. The highest BCUT2D eigenvalue weighted by atomic mass is 16.3. The molecule has 2 aromatic rings. The Hall–Kier alpha value is -1.39. The maximum absolute atomic E-state index is 9.39. The first-order valence-electron chi connectivity index (χ1n) is 5.88. The van der Waals surface area contributed by atoms with Gasteiger partial charge in [-0.05, 0) is 30.5 Å². The molecule has 17 heavy (non-hydrogen) atoms. The third-order valence-corrected chi connectivity index (χ3v) is 3.75. The van der Waals surface area contributed by atoms with Crippen LogP contribution < -0.4 is 5.73 Å². The number of oxazole rings is 1. The highest BCUT2D eigenvalue weighted by Gasteiger charge is 2.47. The third kappa shape index (κ3) is 1.64. The molecular formula is C13H16N2O2. The van der Waals surface area contributed by atoms with Crippen molar-refractivity contribution in [2.45, 2.75) is 25.8 Å². The fourth-order valence-electron chi connectivity index (χ4n) is 2.33. The van der Waals surface area contributed by atoms with Crippen LogP contribution in [0.25, 0.3) is 11.1 Å². The van der Waals surface area contributed by atoms with Crippen molar-refractivity contribution < 1.29 is 9.52 Å². The normalized spacial score (nSPS) is 19.5. The standard InChI is InChI=1S/C13H16N2O2/c1-8-15-10-3-2-9(6-11(10)17-8)12(14)13(7-16)4-5-13/h2-3,6,12,16H,4-5,7,14H2,1H3. The Balaban J connectivity index is 2.00. The summed E-state index contributed by atoms with van der Waals surface area (Å²) in [5.74, 6) is 0.661. The monoisotopic (exact) mass is 232 g/mol. The van der Waals surface area contributed by atoms with Crippen molar-refractivity contribution in [2.75, 3.05) is 6.61 Å². The van der Waals surface area contributed by atoms with Crippen LogP contribution in [0, 0.1) is 12.3 Å². The number of aliphatic hydroxyl groups excluding tert-OH is 1. The molecule has 0 aliphatic heterocycles. The molecule has 3 rings (SSSR count). The molecule has 1 saturated carbocycles. The minimum atomic E-state index is -0.123. The van der Waals surface area contributed by atoms with Gasteiger partial charge < -0.3 is 15.3 Å². The fourth-order valence-corrected chi connectivity index (χ4v) is 2.33. The van der Waals surface area contributed by atoms with Gasteiger partial charge in [-0.3, -0.25) is 0 Å². The molecule has 1 atom stereocenters. The zero-order chi connectivity index (χ0) is 12.0. The van der Waals surface area contributed by atoms with Crippen LogP contribution >= 0.6 is 0 Å². The number of rotatable bonds is 3. The number of hydrogen-bond acceptors (Lipinski definition) is 4. The summed E-state index contributed by atoms with van der Waals surface area (Å²) in [5, 5.41) is 9.39. The van der Waals surface area contributed by atoms with Crippen molar-refractivity contribution in [1.29, 1.82) is 0 Å². The summed E-state index contributed by atoms with van der Waals surface area (Å²) in [6.45, 7) is 1.98. The first-order valence-corrected chi connectivity index (χ1v) is 5.88. The Morgan fingerprint density at radius 2 is 2.29 bits per heavy atom. The van der Waals surface area contributed by atoms with E-state index >= 15 is 0 Å². The van der Waals surface area contributed by atoms with Crippen LogP contribution in [0.2, 0.25) is 0 Å². The van der Waals surface area contributed by atoms with Gasteiger partial charge in [-0.1, -0.05) is 6.07 Å².